The van der Waals surface area contributed by atoms with Crippen molar-refractivity contribution < 1.29 is 62.2 Å². The zero-order valence-electron chi connectivity index (χ0n) is 24.5. The van der Waals surface area contributed by atoms with Gasteiger partial charge in [0.25, 0.3) is 0 Å². The molecule has 15 nitrogen and oxygen atoms in total. The highest BCUT2D eigenvalue weighted by Gasteiger charge is 2.48. The van der Waals surface area contributed by atoms with Crippen molar-refractivity contribution in [1.29, 1.82) is 0 Å². The number of hydrogen-bond donors (Lipinski definition) is 6. The van der Waals surface area contributed by atoms with Crippen LogP contribution in [0, 0.1) is 5.92 Å². The topological polar surface area (TPSA) is 235 Å². The lowest BCUT2D eigenvalue weighted by molar-refractivity contribution is -0.271. The number of anilines is 1. The number of benzene rings is 1. The van der Waals surface area contributed by atoms with Gasteiger partial charge < -0.3 is 45.3 Å². The second-order valence-corrected chi connectivity index (χ2v) is 12.5. The van der Waals surface area contributed by atoms with E-state index in [2.05, 4.69) is 17.2 Å². The molecule has 246 valence electrons. The van der Waals surface area contributed by atoms with Gasteiger partial charge in [0.05, 0.1) is 17.4 Å². The lowest BCUT2D eigenvalue weighted by Gasteiger charge is -2.38. The molecular formula is C28H40N2O13S. The number of nitrogens with one attached hydrogen (secondary N) is 2. The predicted octanol–water partition coefficient (Wildman–Crippen LogP) is 0.220. The van der Waals surface area contributed by atoms with Crippen LogP contribution in [0.2, 0.25) is 0 Å². The number of aliphatic hydroxyl groups is 3. The van der Waals surface area contributed by atoms with Gasteiger partial charge in [0.15, 0.2) is 15.9 Å². The van der Waals surface area contributed by atoms with Gasteiger partial charge in [-0.05, 0) is 30.5 Å². The smallest absolute Gasteiger partial charge is 0.335 e. The number of sulfone groups is 1. The molecule has 1 heterocycles. The minimum atomic E-state index is -3.28. The third-order valence-corrected chi connectivity index (χ3v) is 7.85. The second-order valence-electron chi connectivity index (χ2n) is 10.4. The maximum absolute atomic E-state index is 12.7. The summed E-state index contributed by atoms with van der Waals surface area (Å²) in [4.78, 5) is 48.2. The Morgan fingerprint density at radius 3 is 2.36 bits per heavy atom. The monoisotopic (exact) mass is 644 g/mol. The van der Waals surface area contributed by atoms with E-state index in [1.54, 1.807) is 13.8 Å². The van der Waals surface area contributed by atoms with Crippen molar-refractivity contribution in [3.63, 3.8) is 0 Å². The van der Waals surface area contributed by atoms with E-state index in [9.17, 15) is 48.0 Å². The molecule has 1 saturated heterocycles. The van der Waals surface area contributed by atoms with E-state index < -0.39 is 58.4 Å². The fourth-order valence-electron chi connectivity index (χ4n) is 3.93. The number of aliphatic carboxylic acids is 1. The molecule has 44 heavy (non-hydrogen) atoms. The number of hydrogen-bond acceptors (Lipinski definition) is 12. The van der Waals surface area contributed by atoms with Crippen molar-refractivity contribution in [2.75, 3.05) is 17.6 Å². The van der Waals surface area contributed by atoms with Gasteiger partial charge in [-0.25, -0.2) is 13.2 Å². The van der Waals surface area contributed by atoms with Crippen LogP contribution in [0.5, 0.6) is 5.75 Å². The van der Waals surface area contributed by atoms with Gasteiger partial charge in [0.1, 0.15) is 30.7 Å². The van der Waals surface area contributed by atoms with E-state index in [4.69, 9.17) is 14.2 Å². The number of aliphatic hydroxyl groups excluding tert-OH is 3. The van der Waals surface area contributed by atoms with Crippen molar-refractivity contribution in [3.8, 4) is 5.75 Å². The minimum Gasteiger partial charge on any atom is -0.479 e. The Labute approximate surface area is 255 Å². The third-order valence-electron chi connectivity index (χ3n) is 6.49. The summed E-state index contributed by atoms with van der Waals surface area (Å²) in [6.45, 7) is 6.39. The highest BCUT2D eigenvalue weighted by atomic mass is 32.2. The zero-order valence-corrected chi connectivity index (χ0v) is 25.3. The van der Waals surface area contributed by atoms with Crippen LogP contribution in [0.25, 0.3) is 0 Å². The van der Waals surface area contributed by atoms with Crippen molar-refractivity contribution in [2.45, 2.75) is 83.3 Å². The molecule has 2 rings (SSSR count). The average Bonchev–Trinajstić information content (AvgIpc) is 2.96. The molecule has 0 spiro atoms. The number of carboxylic acid groups (broad SMARTS) is 1. The van der Waals surface area contributed by atoms with Crippen LogP contribution in [0.3, 0.4) is 0 Å². The van der Waals surface area contributed by atoms with Crippen molar-refractivity contribution in [3.05, 3.63) is 35.7 Å². The van der Waals surface area contributed by atoms with E-state index >= 15 is 0 Å². The predicted molar refractivity (Wildman–Crippen MR) is 155 cm³/mol. The number of amides is 2. The van der Waals surface area contributed by atoms with Gasteiger partial charge in [-0.15, -0.1) is 0 Å². The van der Waals surface area contributed by atoms with Gasteiger partial charge in [-0.3, -0.25) is 14.4 Å². The molecule has 1 aromatic rings. The summed E-state index contributed by atoms with van der Waals surface area (Å²) in [5.74, 6) is -3.47. The van der Waals surface area contributed by atoms with E-state index in [1.807, 2.05) is 0 Å². The molecule has 2 amide bonds. The van der Waals surface area contributed by atoms with Gasteiger partial charge in [-0.1, -0.05) is 32.9 Å². The summed E-state index contributed by atoms with van der Waals surface area (Å²) in [6.07, 6.45) is -7.98. The van der Waals surface area contributed by atoms with Crippen LogP contribution in [0.1, 0.15) is 51.5 Å². The third kappa shape index (κ3) is 11.5. The van der Waals surface area contributed by atoms with Crippen LogP contribution in [0.4, 0.5) is 5.69 Å². The Bertz CT molecular complexity index is 1280. The summed E-state index contributed by atoms with van der Waals surface area (Å²) in [5.41, 5.74) is 0.469. The summed E-state index contributed by atoms with van der Waals surface area (Å²) >= 11 is 0. The normalized spacial score (nSPS) is 21.7. The fraction of sp³-hybridized carbons (Fsp3) is 0.571. The highest BCUT2D eigenvalue weighted by molar-refractivity contribution is 7.94. The maximum Gasteiger partial charge on any atom is 0.335 e. The zero-order chi connectivity index (χ0) is 33.0. The SMILES string of the molecule is C=CS(=O)(=O)CCCCCC(=O)NCCC(=O)Nc1cc(COC(=O)C(C)C)ccc1O[C@@H]1O[C@H](C(=O)O)[C@@H](O)[C@H](O)[C@H]1O. The molecule has 0 unspecified atom stereocenters. The molecule has 0 saturated carbocycles. The Hall–Kier alpha value is -3.57. The standard InChI is InChI=1S/C28H40N2O13S/c1-4-44(39,40)13-7-5-6-8-20(31)29-12-11-21(32)30-18-14-17(15-41-27(38)16(2)3)9-10-19(18)42-28-24(35)22(33)23(34)25(43-28)26(36)37/h4,9-10,14,16,22-25,28,33-35H,1,5-8,11-13,15H2,2-3H3,(H,29,31)(H,30,32)(H,36,37)/t22-,23-,24+,25-,28+/m0/s1. The molecule has 0 aliphatic carbocycles. The largest absolute Gasteiger partial charge is 0.479 e. The lowest BCUT2D eigenvalue weighted by Crippen LogP contribution is -2.61. The lowest BCUT2D eigenvalue weighted by atomic mass is 9.99. The molecule has 0 aromatic heterocycles. The van der Waals surface area contributed by atoms with Crippen LogP contribution in [-0.2, 0) is 45.1 Å². The molecule has 1 aromatic carbocycles. The van der Waals surface area contributed by atoms with Crippen LogP contribution >= 0.6 is 0 Å². The first-order chi connectivity index (χ1) is 20.6. The van der Waals surface area contributed by atoms with Crippen molar-refractivity contribution in [1.82, 2.24) is 5.32 Å². The number of carbonyl (C=O) groups is 4. The first-order valence-electron chi connectivity index (χ1n) is 14.0. The highest BCUT2D eigenvalue weighted by Crippen LogP contribution is 2.31. The van der Waals surface area contributed by atoms with Gasteiger partial charge in [0, 0.05) is 24.8 Å². The number of unbranched alkanes of at least 4 members (excludes halogenated alkanes) is 2. The van der Waals surface area contributed by atoms with Gasteiger partial charge in [-0.2, -0.15) is 0 Å². The quantitative estimate of drug-likeness (QED) is 0.0985. The Morgan fingerprint density at radius 2 is 1.73 bits per heavy atom. The molecule has 1 fully saturated rings. The molecule has 6 N–H and O–H groups in total. The summed E-state index contributed by atoms with van der Waals surface area (Å²) in [6, 6.07) is 4.25. The van der Waals surface area contributed by atoms with E-state index in [-0.39, 0.29) is 55.0 Å². The molecular weight excluding hydrogens is 604 g/mol. The number of rotatable bonds is 17. The molecule has 0 radical (unpaired) electrons. The Morgan fingerprint density at radius 1 is 1.02 bits per heavy atom. The number of carboxylic acids is 1. The first-order valence-corrected chi connectivity index (χ1v) is 15.7. The minimum absolute atomic E-state index is 0.0216. The van der Waals surface area contributed by atoms with E-state index in [0.717, 1.165) is 5.41 Å². The summed E-state index contributed by atoms with van der Waals surface area (Å²) in [5, 5.41) is 45.7. The molecule has 16 heteroatoms. The van der Waals surface area contributed by atoms with E-state index in [0.29, 0.717) is 24.8 Å². The molecule has 1 aliphatic heterocycles. The number of esters is 1. The van der Waals surface area contributed by atoms with Crippen molar-refractivity contribution >= 4 is 39.3 Å². The van der Waals surface area contributed by atoms with Gasteiger partial charge in [0.2, 0.25) is 18.1 Å². The average molecular weight is 645 g/mol. The molecule has 1 aliphatic rings. The summed E-state index contributed by atoms with van der Waals surface area (Å²) < 4.78 is 38.8. The van der Waals surface area contributed by atoms with E-state index in [1.165, 1.54) is 18.2 Å². The molecule has 5 atom stereocenters. The van der Waals surface area contributed by atoms with Crippen LogP contribution in [0.15, 0.2) is 30.2 Å². The maximum atomic E-state index is 12.7. The van der Waals surface area contributed by atoms with Gasteiger partial charge >= 0.3 is 11.9 Å². The van der Waals surface area contributed by atoms with Crippen LogP contribution in [-0.4, -0.2) is 95.6 Å². The first kappa shape index (κ1) is 36.6. The van der Waals surface area contributed by atoms with Crippen LogP contribution < -0.4 is 15.4 Å². The fourth-order valence-corrected chi connectivity index (χ4v) is 4.70. The molecule has 0 bridgehead atoms. The number of ether oxygens (including phenoxy) is 3. The Balaban J connectivity index is 2.04. The second kappa shape index (κ2) is 17.1. The number of carbonyl (C=O) groups excluding carboxylic acids is 3. The summed E-state index contributed by atoms with van der Waals surface area (Å²) in [7, 11) is -3.28. The van der Waals surface area contributed by atoms with Crippen molar-refractivity contribution in [2.24, 2.45) is 5.92 Å². The Kier molecular flexibility index (Phi) is 14.2.